The Morgan fingerprint density at radius 3 is 2.92 bits per heavy atom. The summed E-state index contributed by atoms with van der Waals surface area (Å²) in [6, 6.07) is 8.90. The monoisotopic (exact) mass is 324 g/mol. The quantitative estimate of drug-likeness (QED) is 0.803. The molecule has 1 aromatic rings. The topological polar surface area (TPSA) is 43.8 Å². The van der Waals surface area contributed by atoms with Gasteiger partial charge in [-0.15, -0.1) is 0 Å². The molecule has 1 aromatic carbocycles. The highest BCUT2D eigenvalue weighted by atomic mass is 16.3. The molecule has 1 spiro atoms. The second kappa shape index (κ2) is 4.70. The normalized spacial score (nSPS) is 44.0. The van der Waals surface area contributed by atoms with E-state index in [1.54, 1.807) is 0 Å². The Bertz CT molecular complexity index is 758. The molecule has 4 bridgehead atoms. The second-order valence-electron chi connectivity index (χ2n) is 7.86. The Morgan fingerprint density at radius 1 is 1.38 bits per heavy atom. The molecule has 126 valence electrons. The fourth-order valence-corrected chi connectivity index (χ4v) is 6.24. The van der Waals surface area contributed by atoms with Crippen LogP contribution < -0.4 is 4.90 Å². The van der Waals surface area contributed by atoms with Crippen molar-refractivity contribution in [1.29, 1.82) is 0 Å². The van der Waals surface area contributed by atoms with E-state index in [0.29, 0.717) is 12.0 Å². The number of likely N-dealkylation sites (N-methyl/N-ethyl adjacent to an activating group) is 1. The Balaban J connectivity index is 1.68. The summed E-state index contributed by atoms with van der Waals surface area (Å²) in [7, 11) is 1.91. The van der Waals surface area contributed by atoms with E-state index >= 15 is 0 Å². The number of amides is 1. The van der Waals surface area contributed by atoms with Crippen LogP contribution in [0.25, 0.3) is 0 Å². The van der Waals surface area contributed by atoms with Gasteiger partial charge in [0.15, 0.2) is 0 Å². The van der Waals surface area contributed by atoms with Crippen LogP contribution in [0, 0.1) is 11.8 Å². The molecule has 4 nitrogen and oxygen atoms in total. The number of fused-ring (bicyclic) bond motifs is 3. The van der Waals surface area contributed by atoms with Gasteiger partial charge in [0.05, 0.1) is 5.41 Å². The van der Waals surface area contributed by atoms with Crippen molar-refractivity contribution in [3.8, 4) is 0 Å². The number of carbonyl (C=O) groups is 1. The van der Waals surface area contributed by atoms with Crippen LogP contribution in [0.2, 0.25) is 0 Å². The Hall–Kier alpha value is -1.65. The van der Waals surface area contributed by atoms with E-state index in [1.165, 1.54) is 11.1 Å². The van der Waals surface area contributed by atoms with Crippen molar-refractivity contribution in [1.82, 2.24) is 4.90 Å². The summed E-state index contributed by atoms with van der Waals surface area (Å²) in [5, 5.41) is 10.0. The SMILES string of the molecule is C/C=C1\CN2[C@H]3C[C@@H]1[C@H](CO)[C@@H]2C[C@@]31C(=O)N(C)c2ccccc21. The van der Waals surface area contributed by atoms with E-state index in [4.69, 9.17) is 0 Å². The number of anilines is 1. The molecule has 4 heteroatoms. The highest BCUT2D eigenvalue weighted by Crippen LogP contribution is 2.61. The number of hydrogen-bond donors (Lipinski definition) is 1. The summed E-state index contributed by atoms with van der Waals surface area (Å²) >= 11 is 0. The summed E-state index contributed by atoms with van der Waals surface area (Å²) in [6.07, 6.45) is 4.08. The van der Waals surface area contributed by atoms with Crippen LogP contribution in [-0.2, 0) is 10.2 Å². The summed E-state index contributed by atoms with van der Waals surface area (Å²) in [6.45, 7) is 3.29. The number of aliphatic hydroxyl groups excluding tert-OH is 1. The molecule has 4 fully saturated rings. The molecule has 24 heavy (non-hydrogen) atoms. The van der Waals surface area contributed by atoms with Gasteiger partial charge in [0, 0.05) is 43.9 Å². The maximum atomic E-state index is 13.4. The van der Waals surface area contributed by atoms with Gasteiger partial charge in [0.2, 0.25) is 5.91 Å². The first-order valence-corrected chi connectivity index (χ1v) is 9.02. The number of nitrogens with zero attached hydrogens (tertiary/aromatic N) is 2. The lowest BCUT2D eigenvalue weighted by atomic mass is 9.69. The summed E-state index contributed by atoms with van der Waals surface area (Å²) in [5.41, 5.74) is 3.32. The van der Waals surface area contributed by atoms with Crippen LogP contribution in [0.1, 0.15) is 25.3 Å². The zero-order valence-corrected chi connectivity index (χ0v) is 14.3. The number of benzene rings is 1. The van der Waals surface area contributed by atoms with Crippen molar-refractivity contribution in [2.24, 2.45) is 11.8 Å². The highest BCUT2D eigenvalue weighted by Gasteiger charge is 2.68. The average Bonchev–Trinajstić information content (AvgIpc) is 3.00. The molecular formula is C20H24N2O2. The number of allylic oxidation sites excluding steroid dienone is 1. The van der Waals surface area contributed by atoms with Gasteiger partial charge >= 0.3 is 0 Å². The lowest BCUT2D eigenvalue weighted by Gasteiger charge is -2.52. The number of piperidine rings is 3. The highest BCUT2D eigenvalue weighted by molar-refractivity contribution is 6.08. The van der Waals surface area contributed by atoms with Crippen molar-refractivity contribution in [3.05, 3.63) is 41.5 Å². The lowest BCUT2D eigenvalue weighted by Crippen LogP contribution is -2.59. The predicted octanol–water partition coefficient (Wildman–Crippen LogP) is 1.93. The third-order valence-electron chi connectivity index (χ3n) is 7.27. The molecule has 5 aliphatic rings. The fourth-order valence-electron chi connectivity index (χ4n) is 6.24. The molecule has 0 aliphatic carbocycles. The Morgan fingerprint density at radius 2 is 2.17 bits per heavy atom. The molecule has 6 rings (SSSR count). The van der Waals surface area contributed by atoms with Crippen molar-refractivity contribution in [2.45, 2.75) is 37.3 Å². The molecule has 6 atom stereocenters. The number of hydrogen-bond acceptors (Lipinski definition) is 3. The molecule has 1 N–H and O–H groups in total. The van der Waals surface area contributed by atoms with Gasteiger partial charge in [-0.2, -0.15) is 0 Å². The van der Waals surface area contributed by atoms with E-state index in [9.17, 15) is 9.90 Å². The molecular weight excluding hydrogens is 300 g/mol. The molecule has 5 heterocycles. The van der Waals surface area contributed by atoms with Crippen LogP contribution in [0.15, 0.2) is 35.9 Å². The number of aliphatic hydroxyl groups is 1. The van der Waals surface area contributed by atoms with Crippen LogP contribution in [0.4, 0.5) is 5.69 Å². The van der Waals surface area contributed by atoms with Gasteiger partial charge in [0.25, 0.3) is 0 Å². The second-order valence-corrected chi connectivity index (χ2v) is 7.86. The minimum atomic E-state index is -0.405. The van der Waals surface area contributed by atoms with Gasteiger partial charge in [-0.3, -0.25) is 9.69 Å². The van der Waals surface area contributed by atoms with Crippen molar-refractivity contribution in [3.63, 3.8) is 0 Å². The maximum absolute atomic E-state index is 13.4. The first-order chi connectivity index (χ1) is 11.6. The third-order valence-corrected chi connectivity index (χ3v) is 7.27. The van der Waals surface area contributed by atoms with Crippen LogP contribution in [0.5, 0.6) is 0 Å². The molecule has 0 aromatic heterocycles. The smallest absolute Gasteiger partial charge is 0.239 e. The van der Waals surface area contributed by atoms with Crippen molar-refractivity contribution < 1.29 is 9.90 Å². The van der Waals surface area contributed by atoms with Gasteiger partial charge in [0.1, 0.15) is 0 Å². The van der Waals surface area contributed by atoms with Gasteiger partial charge in [-0.1, -0.05) is 29.8 Å². The van der Waals surface area contributed by atoms with Crippen molar-refractivity contribution in [2.75, 3.05) is 25.1 Å². The third kappa shape index (κ3) is 1.46. The largest absolute Gasteiger partial charge is 0.396 e. The van der Waals surface area contributed by atoms with Crippen LogP contribution in [0.3, 0.4) is 0 Å². The predicted molar refractivity (Wildman–Crippen MR) is 92.9 cm³/mol. The number of carbonyl (C=O) groups excluding carboxylic acids is 1. The molecule has 1 unspecified atom stereocenters. The lowest BCUT2D eigenvalue weighted by molar-refractivity contribution is -0.124. The van der Waals surface area contributed by atoms with E-state index < -0.39 is 5.41 Å². The van der Waals surface area contributed by atoms with E-state index in [2.05, 4.69) is 36.1 Å². The molecule has 0 radical (unpaired) electrons. The maximum Gasteiger partial charge on any atom is 0.239 e. The fraction of sp³-hybridized carbons (Fsp3) is 0.550. The summed E-state index contributed by atoms with van der Waals surface area (Å²) < 4.78 is 0. The minimum absolute atomic E-state index is 0.220. The zero-order valence-electron chi connectivity index (χ0n) is 14.3. The first kappa shape index (κ1) is 14.7. The van der Waals surface area contributed by atoms with Gasteiger partial charge in [-0.05, 0) is 37.3 Å². The van der Waals surface area contributed by atoms with E-state index in [0.717, 1.165) is 25.1 Å². The van der Waals surface area contributed by atoms with Gasteiger partial charge in [-0.25, -0.2) is 0 Å². The molecule has 1 amide bonds. The van der Waals surface area contributed by atoms with Gasteiger partial charge < -0.3 is 10.0 Å². The van der Waals surface area contributed by atoms with Crippen LogP contribution in [-0.4, -0.2) is 48.2 Å². The Kier molecular flexibility index (Phi) is 2.88. The molecule has 0 saturated carbocycles. The number of rotatable bonds is 1. The minimum Gasteiger partial charge on any atom is -0.396 e. The standard InChI is InChI=1S/C20H24N2O2/c1-3-12-10-22-17-9-20(18(22)8-13(12)14(17)11-23)15-6-4-5-7-16(15)21(2)19(20)24/h3-7,13-14,17-18,23H,8-11H2,1-2H3/b12-3+/t13-,14-,17-,18-,20-/m0/s1. The van der Waals surface area contributed by atoms with E-state index in [-0.39, 0.29) is 24.5 Å². The van der Waals surface area contributed by atoms with Crippen LogP contribution >= 0.6 is 0 Å². The zero-order chi connectivity index (χ0) is 16.6. The number of para-hydroxylation sites is 1. The Labute approximate surface area is 142 Å². The van der Waals surface area contributed by atoms with E-state index in [1.807, 2.05) is 18.0 Å². The summed E-state index contributed by atoms with van der Waals surface area (Å²) in [4.78, 5) is 17.8. The average molecular weight is 324 g/mol. The summed E-state index contributed by atoms with van der Waals surface area (Å²) in [5.74, 6) is 0.958. The first-order valence-electron chi connectivity index (χ1n) is 9.02. The molecule has 5 aliphatic heterocycles. The molecule has 4 saturated heterocycles. The van der Waals surface area contributed by atoms with Crippen molar-refractivity contribution >= 4 is 11.6 Å².